The number of esters is 1. The highest BCUT2D eigenvalue weighted by atomic mass is 16.5. The Labute approximate surface area is 126 Å². The highest BCUT2D eigenvalue weighted by Crippen LogP contribution is 2.19. The predicted octanol–water partition coefficient (Wildman–Crippen LogP) is 0.219. The molecule has 0 bridgehead atoms. The fraction of sp³-hybridized carbons (Fsp3) is 0.692. The van der Waals surface area contributed by atoms with Gasteiger partial charge in [-0.25, -0.2) is 9.59 Å². The van der Waals surface area contributed by atoms with Crippen LogP contribution in [0.25, 0.3) is 0 Å². The first-order valence-corrected chi connectivity index (χ1v) is 6.57. The molecule has 0 fully saturated rings. The monoisotopic (exact) mass is 320 g/mol. The summed E-state index contributed by atoms with van der Waals surface area (Å²) in [7, 11) is 1.15. The molecule has 4 atom stereocenters. The second-order valence-electron chi connectivity index (χ2n) is 4.71. The molecule has 9 nitrogen and oxygen atoms in total. The van der Waals surface area contributed by atoms with Gasteiger partial charge >= 0.3 is 23.9 Å². The van der Waals surface area contributed by atoms with E-state index in [0.29, 0.717) is 0 Å². The smallest absolute Gasteiger partial charge is 0.333 e. The largest absolute Gasteiger partial charge is 0.481 e. The van der Waals surface area contributed by atoms with Crippen molar-refractivity contribution >= 4 is 23.9 Å². The van der Waals surface area contributed by atoms with Crippen molar-refractivity contribution in [2.24, 2.45) is 11.8 Å². The van der Waals surface area contributed by atoms with Crippen LogP contribution in [0.4, 0.5) is 0 Å². The van der Waals surface area contributed by atoms with E-state index in [-0.39, 0.29) is 12.8 Å². The van der Waals surface area contributed by atoms with Crippen LogP contribution in [0.5, 0.6) is 0 Å². The minimum Gasteiger partial charge on any atom is -0.481 e. The number of carboxylic acid groups (broad SMARTS) is 3. The summed E-state index contributed by atoms with van der Waals surface area (Å²) >= 11 is 0. The van der Waals surface area contributed by atoms with Gasteiger partial charge in [0.25, 0.3) is 0 Å². The summed E-state index contributed by atoms with van der Waals surface area (Å²) in [5, 5.41) is 26.9. The van der Waals surface area contributed by atoms with E-state index >= 15 is 0 Å². The van der Waals surface area contributed by atoms with E-state index in [9.17, 15) is 19.2 Å². The van der Waals surface area contributed by atoms with E-state index in [4.69, 9.17) is 20.1 Å². The van der Waals surface area contributed by atoms with Crippen molar-refractivity contribution in [1.82, 2.24) is 0 Å². The topological polar surface area (TPSA) is 147 Å². The van der Waals surface area contributed by atoms with Gasteiger partial charge in [-0.15, -0.1) is 0 Å². The fourth-order valence-electron chi connectivity index (χ4n) is 1.77. The van der Waals surface area contributed by atoms with Gasteiger partial charge in [-0.2, -0.15) is 0 Å². The van der Waals surface area contributed by atoms with Crippen molar-refractivity contribution in [2.75, 3.05) is 7.11 Å². The summed E-state index contributed by atoms with van der Waals surface area (Å²) in [6.07, 6.45) is -3.51. The molecule has 0 aromatic rings. The molecular weight excluding hydrogens is 300 g/mol. The Bertz CT molecular complexity index is 431. The molecule has 0 spiro atoms. The van der Waals surface area contributed by atoms with Gasteiger partial charge in [-0.1, -0.05) is 6.92 Å². The van der Waals surface area contributed by atoms with Gasteiger partial charge in [0.05, 0.1) is 18.9 Å². The van der Waals surface area contributed by atoms with Crippen LogP contribution in [0.15, 0.2) is 0 Å². The van der Waals surface area contributed by atoms with Gasteiger partial charge in [-0.3, -0.25) is 9.59 Å². The molecule has 0 aliphatic rings. The maximum absolute atomic E-state index is 11.5. The molecule has 3 N–H and O–H groups in total. The van der Waals surface area contributed by atoms with Crippen LogP contribution in [0.1, 0.15) is 26.7 Å². The number of carbonyl (C=O) groups excluding carboxylic acids is 1. The van der Waals surface area contributed by atoms with Crippen LogP contribution in [0.2, 0.25) is 0 Å². The SMILES string of the molecule is CCC(CC(OC(C(=O)O)C(C)C(=O)O)C(=O)O)C(=O)OC. The molecule has 0 aromatic carbocycles. The van der Waals surface area contributed by atoms with E-state index in [2.05, 4.69) is 4.74 Å². The summed E-state index contributed by atoms with van der Waals surface area (Å²) in [5.74, 6) is -7.39. The van der Waals surface area contributed by atoms with Crippen molar-refractivity contribution < 1.29 is 44.0 Å². The van der Waals surface area contributed by atoms with Crippen molar-refractivity contribution in [3.63, 3.8) is 0 Å². The molecule has 126 valence electrons. The molecule has 0 saturated carbocycles. The van der Waals surface area contributed by atoms with Crippen LogP contribution in [-0.4, -0.2) is 58.5 Å². The Kier molecular flexibility index (Phi) is 8.10. The van der Waals surface area contributed by atoms with Crippen LogP contribution in [-0.2, 0) is 28.7 Å². The molecule has 0 heterocycles. The third-order valence-electron chi connectivity index (χ3n) is 3.20. The first-order chi connectivity index (χ1) is 10.1. The van der Waals surface area contributed by atoms with Gasteiger partial charge in [-0.05, 0) is 19.8 Å². The number of hydrogen-bond donors (Lipinski definition) is 3. The molecule has 0 saturated heterocycles. The standard InChI is InChI=1S/C13H20O9/c1-4-7(13(20)21-3)5-8(11(16)17)22-9(12(18)19)6(2)10(14)15/h6-9H,4-5H2,1-3H3,(H,14,15)(H,16,17)(H,18,19). The average Bonchev–Trinajstić information content (AvgIpc) is 2.45. The van der Waals surface area contributed by atoms with E-state index in [1.165, 1.54) is 0 Å². The molecule has 0 rings (SSSR count). The Hall–Kier alpha value is -2.16. The lowest BCUT2D eigenvalue weighted by Gasteiger charge is -2.24. The first kappa shape index (κ1) is 19.8. The molecule has 9 heteroatoms. The Balaban J connectivity index is 5.16. The minimum absolute atomic E-state index is 0.270. The van der Waals surface area contributed by atoms with Gasteiger partial charge < -0.3 is 24.8 Å². The fourth-order valence-corrected chi connectivity index (χ4v) is 1.77. The number of carbonyl (C=O) groups is 4. The summed E-state index contributed by atoms with van der Waals surface area (Å²) in [6, 6.07) is 0. The third kappa shape index (κ3) is 5.68. The molecule has 0 aromatic heterocycles. The third-order valence-corrected chi connectivity index (χ3v) is 3.20. The van der Waals surface area contributed by atoms with Gasteiger partial charge in [0.1, 0.15) is 0 Å². The zero-order valence-corrected chi connectivity index (χ0v) is 12.5. The van der Waals surface area contributed by atoms with E-state index in [0.717, 1.165) is 14.0 Å². The predicted molar refractivity (Wildman–Crippen MR) is 71.1 cm³/mol. The molecule has 4 unspecified atom stereocenters. The van der Waals surface area contributed by atoms with Crippen LogP contribution in [0, 0.1) is 11.8 Å². The van der Waals surface area contributed by atoms with Gasteiger partial charge in [0, 0.05) is 0 Å². The second kappa shape index (κ2) is 8.98. The summed E-state index contributed by atoms with van der Waals surface area (Å²) in [5.41, 5.74) is 0. The Morgan fingerprint density at radius 3 is 1.86 bits per heavy atom. The normalized spacial score (nSPS) is 16.1. The number of ether oxygens (including phenoxy) is 2. The van der Waals surface area contributed by atoms with Crippen LogP contribution >= 0.6 is 0 Å². The van der Waals surface area contributed by atoms with Gasteiger partial charge in [0.2, 0.25) is 0 Å². The molecule has 0 aliphatic carbocycles. The van der Waals surface area contributed by atoms with Crippen LogP contribution in [0.3, 0.4) is 0 Å². The molecule has 0 amide bonds. The van der Waals surface area contributed by atoms with Crippen molar-refractivity contribution in [3.8, 4) is 0 Å². The Morgan fingerprint density at radius 2 is 1.55 bits per heavy atom. The number of hydrogen-bond acceptors (Lipinski definition) is 6. The van der Waals surface area contributed by atoms with Crippen LogP contribution < -0.4 is 0 Å². The number of carboxylic acids is 3. The summed E-state index contributed by atoms with van der Waals surface area (Å²) in [4.78, 5) is 44.6. The minimum atomic E-state index is -1.84. The van der Waals surface area contributed by atoms with Crippen molar-refractivity contribution in [1.29, 1.82) is 0 Å². The van der Waals surface area contributed by atoms with E-state index < -0.39 is 47.9 Å². The average molecular weight is 320 g/mol. The first-order valence-electron chi connectivity index (χ1n) is 6.57. The number of methoxy groups -OCH3 is 1. The lowest BCUT2D eigenvalue weighted by Crippen LogP contribution is -2.42. The molecule has 0 radical (unpaired) electrons. The quantitative estimate of drug-likeness (QED) is 0.480. The summed E-state index contributed by atoms with van der Waals surface area (Å²) in [6.45, 7) is 2.73. The number of rotatable bonds is 10. The zero-order valence-electron chi connectivity index (χ0n) is 12.5. The molecule has 0 aliphatic heterocycles. The highest BCUT2D eigenvalue weighted by molar-refractivity contribution is 5.82. The lowest BCUT2D eigenvalue weighted by molar-refractivity contribution is -0.177. The summed E-state index contributed by atoms with van der Waals surface area (Å²) < 4.78 is 9.46. The lowest BCUT2D eigenvalue weighted by atomic mass is 9.98. The van der Waals surface area contributed by atoms with E-state index in [1.807, 2.05) is 0 Å². The maximum atomic E-state index is 11.5. The second-order valence-corrected chi connectivity index (χ2v) is 4.71. The zero-order chi connectivity index (χ0) is 17.4. The molecular formula is C13H20O9. The maximum Gasteiger partial charge on any atom is 0.333 e. The van der Waals surface area contributed by atoms with Crippen molar-refractivity contribution in [3.05, 3.63) is 0 Å². The molecule has 22 heavy (non-hydrogen) atoms. The van der Waals surface area contributed by atoms with Gasteiger partial charge in [0.15, 0.2) is 12.2 Å². The van der Waals surface area contributed by atoms with Crippen molar-refractivity contribution in [2.45, 2.75) is 38.9 Å². The Morgan fingerprint density at radius 1 is 1.00 bits per heavy atom. The highest BCUT2D eigenvalue weighted by Gasteiger charge is 2.37. The van der Waals surface area contributed by atoms with E-state index in [1.54, 1.807) is 6.92 Å². The number of aliphatic carboxylic acids is 3.